The lowest BCUT2D eigenvalue weighted by atomic mass is 9.99. The summed E-state index contributed by atoms with van der Waals surface area (Å²) in [5.74, 6) is 0.234. The van der Waals surface area contributed by atoms with Gasteiger partial charge in [0.2, 0.25) is 5.91 Å². The number of carbonyl (C=O) groups excluding carboxylic acids is 1. The predicted molar refractivity (Wildman–Crippen MR) is 72.8 cm³/mol. The van der Waals surface area contributed by atoms with Crippen LogP contribution in [-0.4, -0.2) is 43.2 Å². The van der Waals surface area contributed by atoms with Crippen LogP contribution < -0.4 is 5.32 Å². The summed E-state index contributed by atoms with van der Waals surface area (Å²) in [7, 11) is 0. The van der Waals surface area contributed by atoms with Crippen LogP contribution >= 0.6 is 0 Å². The largest absolute Gasteiger partial charge is 0.378 e. The third kappa shape index (κ3) is 2.96. The Morgan fingerprint density at radius 3 is 3.00 bits per heavy atom. The molecule has 3 rings (SSSR count). The van der Waals surface area contributed by atoms with Crippen molar-refractivity contribution in [2.45, 2.75) is 25.4 Å². The molecule has 1 atom stereocenters. The van der Waals surface area contributed by atoms with Gasteiger partial charge in [0.05, 0.1) is 13.2 Å². The van der Waals surface area contributed by atoms with Crippen molar-refractivity contribution in [3.05, 3.63) is 35.4 Å². The van der Waals surface area contributed by atoms with E-state index in [1.165, 1.54) is 11.1 Å². The molecule has 1 aromatic rings. The number of carbonyl (C=O) groups is 1. The van der Waals surface area contributed by atoms with Gasteiger partial charge in [0.1, 0.15) is 0 Å². The first-order valence-electron chi connectivity index (χ1n) is 6.98. The predicted octanol–water partition coefficient (Wildman–Crippen LogP) is 0.950. The minimum atomic E-state index is 0.179. The van der Waals surface area contributed by atoms with E-state index in [1.54, 1.807) is 0 Å². The lowest BCUT2D eigenvalue weighted by Gasteiger charge is -2.31. The van der Waals surface area contributed by atoms with Crippen molar-refractivity contribution in [1.29, 1.82) is 0 Å². The normalized spacial score (nSPS) is 22.9. The maximum atomic E-state index is 12.3. The Morgan fingerprint density at radius 1 is 1.37 bits per heavy atom. The van der Waals surface area contributed by atoms with Crippen LogP contribution in [0.4, 0.5) is 0 Å². The number of rotatable bonds is 2. The van der Waals surface area contributed by atoms with E-state index in [2.05, 4.69) is 23.5 Å². The monoisotopic (exact) mass is 260 g/mol. The third-order valence-electron chi connectivity index (χ3n) is 3.90. The van der Waals surface area contributed by atoms with Crippen molar-refractivity contribution >= 4 is 5.91 Å². The van der Waals surface area contributed by atoms with Crippen LogP contribution in [0, 0.1) is 0 Å². The maximum Gasteiger partial charge on any atom is 0.224 e. The molecule has 2 aliphatic rings. The van der Waals surface area contributed by atoms with E-state index in [-0.39, 0.29) is 11.9 Å². The molecular formula is C15H20N2O2. The third-order valence-corrected chi connectivity index (χ3v) is 3.90. The number of nitrogens with zero attached hydrogens (tertiary/aromatic N) is 1. The Morgan fingerprint density at radius 2 is 2.21 bits per heavy atom. The summed E-state index contributed by atoms with van der Waals surface area (Å²) >= 11 is 0. The lowest BCUT2D eigenvalue weighted by Crippen LogP contribution is -2.46. The Hall–Kier alpha value is -1.39. The summed E-state index contributed by atoms with van der Waals surface area (Å²) in [5.41, 5.74) is 2.67. The number of ether oxygens (including phenoxy) is 1. The van der Waals surface area contributed by atoms with E-state index in [1.807, 2.05) is 11.0 Å². The fourth-order valence-corrected chi connectivity index (χ4v) is 2.80. The molecule has 0 bridgehead atoms. The first-order chi connectivity index (χ1) is 9.33. The number of hydrogen-bond acceptors (Lipinski definition) is 3. The number of fused-ring (bicyclic) bond motifs is 1. The SMILES string of the molecule is O=C(CC1COCCN1)N1CCc2ccccc2C1. The van der Waals surface area contributed by atoms with Crippen LogP contribution in [-0.2, 0) is 22.5 Å². The van der Waals surface area contributed by atoms with Crippen LogP contribution in [0.1, 0.15) is 17.5 Å². The molecule has 102 valence electrons. The van der Waals surface area contributed by atoms with E-state index in [4.69, 9.17) is 4.74 Å². The van der Waals surface area contributed by atoms with Crippen LogP contribution in [0.5, 0.6) is 0 Å². The average molecular weight is 260 g/mol. The number of morpholine rings is 1. The maximum absolute atomic E-state index is 12.3. The average Bonchev–Trinajstić information content (AvgIpc) is 2.48. The van der Waals surface area contributed by atoms with Gasteiger partial charge in [-0.2, -0.15) is 0 Å². The van der Waals surface area contributed by atoms with Crippen molar-refractivity contribution in [2.75, 3.05) is 26.3 Å². The van der Waals surface area contributed by atoms with E-state index in [0.717, 1.165) is 32.7 Å². The van der Waals surface area contributed by atoms with Crippen molar-refractivity contribution in [1.82, 2.24) is 10.2 Å². The van der Waals surface area contributed by atoms with Crippen LogP contribution in [0.2, 0.25) is 0 Å². The first-order valence-corrected chi connectivity index (χ1v) is 6.98. The van der Waals surface area contributed by atoms with E-state index in [9.17, 15) is 4.79 Å². The highest BCUT2D eigenvalue weighted by atomic mass is 16.5. The molecule has 0 spiro atoms. The minimum Gasteiger partial charge on any atom is -0.378 e. The Kier molecular flexibility index (Phi) is 3.80. The lowest BCUT2D eigenvalue weighted by molar-refractivity contribution is -0.133. The van der Waals surface area contributed by atoms with Crippen molar-refractivity contribution in [3.63, 3.8) is 0 Å². The number of benzene rings is 1. The topological polar surface area (TPSA) is 41.6 Å². The molecule has 1 N–H and O–H groups in total. The summed E-state index contributed by atoms with van der Waals surface area (Å²) in [6.07, 6.45) is 1.51. The number of amides is 1. The van der Waals surface area contributed by atoms with Gasteiger partial charge in [-0.1, -0.05) is 24.3 Å². The first kappa shape index (κ1) is 12.6. The molecule has 0 saturated carbocycles. The molecule has 1 saturated heterocycles. The van der Waals surface area contributed by atoms with Gasteiger partial charge < -0.3 is 15.0 Å². The molecule has 1 fully saturated rings. The zero-order chi connectivity index (χ0) is 13.1. The summed E-state index contributed by atoms with van der Waals surface area (Å²) in [4.78, 5) is 14.3. The molecule has 2 heterocycles. The standard InChI is InChI=1S/C15H20N2O2/c18-15(9-14-11-19-8-6-16-14)17-7-5-12-3-1-2-4-13(12)10-17/h1-4,14,16H,5-11H2. The van der Waals surface area contributed by atoms with Crippen LogP contribution in [0.15, 0.2) is 24.3 Å². The number of nitrogens with one attached hydrogen (secondary N) is 1. The fraction of sp³-hybridized carbons (Fsp3) is 0.533. The second-order valence-electron chi connectivity index (χ2n) is 5.26. The summed E-state index contributed by atoms with van der Waals surface area (Å²) < 4.78 is 5.39. The van der Waals surface area contributed by atoms with Gasteiger partial charge in [-0.15, -0.1) is 0 Å². The van der Waals surface area contributed by atoms with E-state index >= 15 is 0 Å². The summed E-state index contributed by atoms with van der Waals surface area (Å²) in [5, 5.41) is 3.34. The van der Waals surface area contributed by atoms with Gasteiger partial charge in [0.25, 0.3) is 0 Å². The van der Waals surface area contributed by atoms with Gasteiger partial charge in [-0.25, -0.2) is 0 Å². The molecule has 0 aromatic heterocycles. The smallest absolute Gasteiger partial charge is 0.224 e. The molecule has 1 unspecified atom stereocenters. The number of hydrogen-bond donors (Lipinski definition) is 1. The highest BCUT2D eigenvalue weighted by molar-refractivity contribution is 5.77. The second-order valence-corrected chi connectivity index (χ2v) is 5.26. The molecule has 2 aliphatic heterocycles. The molecule has 4 heteroatoms. The highest BCUT2D eigenvalue weighted by Gasteiger charge is 2.24. The molecule has 0 radical (unpaired) electrons. The molecule has 19 heavy (non-hydrogen) atoms. The van der Waals surface area contributed by atoms with Gasteiger partial charge in [0.15, 0.2) is 0 Å². The Labute approximate surface area is 113 Å². The molecule has 1 amide bonds. The van der Waals surface area contributed by atoms with Crippen LogP contribution in [0.25, 0.3) is 0 Å². The molecule has 0 aliphatic carbocycles. The minimum absolute atomic E-state index is 0.179. The van der Waals surface area contributed by atoms with Crippen LogP contribution in [0.3, 0.4) is 0 Å². The summed E-state index contributed by atoms with van der Waals surface area (Å²) in [6, 6.07) is 8.58. The zero-order valence-electron chi connectivity index (χ0n) is 11.1. The van der Waals surface area contributed by atoms with Gasteiger partial charge in [0, 0.05) is 32.1 Å². The quantitative estimate of drug-likeness (QED) is 0.861. The van der Waals surface area contributed by atoms with Crippen molar-refractivity contribution in [2.24, 2.45) is 0 Å². The van der Waals surface area contributed by atoms with E-state index in [0.29, 0.717) is 13.0 Å². The van der Waals surface area contributed by atoms with Gasteiger partial charge >= 0.3 is 0 Å². The molecule has 1 aromatic carbocycles. The van der Waals surface area contributed by atoms with Gasteiger partial charge in [-0.05, 0) is 17.5 Å². The highest BCUT2D eigenvalue weighted by Crippen LogP contribution is 2.19. The Bertz CT molecular complexity index is 455. The van der Waals surface area contributed by atoms with Gasteiger partial charge in [-0.3, -0.25) is 4.79 Å². The van der Waals surface area contributed by atoms with Crippen molar-refractivity contribution in [3.8, 4) is 0 Å². The van der Waals surface area contributed by atoms with E-state index < -0.39 is 0 Å². The second kappa shape index (κ2) is 5.72. The fourth-order valence-electron chi connectivity index (χ4n) is 2.80. The molecule has 4 nitrogen and oxygen atoms in total. The zero-order valence-corrected chi connectivity index (χ0v) is 11.1. The Balaban J connectivity index is 1.59. The summed E-state index contributed by atoms with van der Waals surface area (Å²) in [6.45, 7) is 3.84. The molecular weight excluding hydrogens is 240 g/mol. The van der Waals surface area contributed by atoms with Crippen molar-refractivity contribution < 1.29 is 9.53 Å².